The Morgan fingerprint density at radius 1 is 1.54 bits per heavy atom. The van der Waals surface area contributed by atoms with Crippen molar-refractivity contribution in [3.05, 3.63) is 18.2 Å². The average molecular weight is 242 g/mol. The number of aliphatic hydroxyl groups excluding tert-OH is 1. The molecule has 1 radical (unpaired) electrons. The predicted molar refractivity (Wildman–Crippen MR) is 54.7 cm³/mol. The molecule has 0 aliphatic heterocycles. The van der Waals surface area contributed by atoms with E-state index in [1.165, 1.54) is 4.35 Å². The van der Waals surface area contributed by atoms with Crippen molar-refractivity contribution in [1.82, 2.24) is 0 Å². The van der Waals surface area contributed by atoms with Gasteiger partial charge in [-0.25, -0.2) is 0 Å². The molecule has 0 aliphatic rings. The van der Waals surface area contributed by atoms with Gasteiger partial charge < -0.3 is 0 Å². The van der Waals surface area contributed by atoms with Crippen molar-refractivity contribution >= 4 is 25.8 Å². The van der Waals surface area contributed by atoms with Gasteiger partial charge in [0.25, 0.3) is 0 Å². The van der Waals surface area contributed by atoms with Crippen LogP contribution in [0.4, 0.5) is 5.69 Å². The third-order valence-electron chi connectivity index (χ3n) is 1.61. The van der Waals surface area contributed by atoms with Crippen LogP contribution in [0.2, 0.25) is 5.21 Å². The summed E-state index contributed by atoms with van der Waals surface area (Å²) < 4.78 is 6.27. The SMILES string of the molecule is COc1ccc([As]CCO)cc1N. The molecule has 0 aliphatic carbocycles. The Balaban J connectivity index is 2.71. The normalized spacial score (nSPS) is 10.9. The van der Waals surface area contributed by atoms with Gasteiger partial charge in [0.15, 0.2) is 0 Å². The van der Waals surface area contributed by atoms with Gasteiger partial charge in [0.2, 0.25) is 0 Å². The number of aliphatic hydroxyl groups is 1. The predicted octanol–water partition coefficient (Wildman–Crippen LogP) is 0.0175. The van der Waals surface area contributed by atoms with Gasteiger partial charge in [0, 0.05) is 0 Å². The van der Waals surface area contributed by atoms with Crippen LogP contribution in [0.1, 0.15) is 0 Å². The van der Waals surface area contributed by atoms with Crippen LogP contribution in [0, 0.1) is 0 Å². The van der Waals surface area contributed by atoms with Crippen molar-refractivity contribution in [2.45, 2.75) is 5.21 Å². The summed E-state index contributed by atoms with van der Waals surface area (Å²) in [6.07, 6.45) is 0. The summed E-state index contributed by atoms with van der Waals surface area (Å²) in [5.74, 6) is 0.717. The Labute approximate surface area is 84.6 Å². The molecule has 13 heavy (non-hydrogen) atoms. The maximum atomic E-state index is 8.67. The molecule has 0 amide bonds. The summed E-state index contributed by atoms with van der Waals surface area (Å²) >= 11 is 0.0460. The van der Waals surface area contributed by atoms with Crippen LogP contribution in [0.3, 0.4) is 0 Å². The van der Waals surface area contributed by atoms with Gasteiger partial charge in [-0.1, -0.05) is 0 Å². The van der Waals surface area contributed by atoms with E-state index in [-0.39, 0.29) is 22.4 Å². The van der Waals surface area contributed by atoms with Crippen LogP contribution < -0.4 is 14.8 Å². The molecule has 0 unspecified atom stereocenters. The van der Waals surface area contributed by atoms with Crippen LogP contribution in [-0.4, -0.2) is 34.6 Å². The summed E-state index contributed by atoms with van der Waals surface area (Å²) in [5, 5.41) is 9.53. The molecule has 0 bridgehead atoms. The first kappa shape index (κ1) is 10.4. The number of hydrogen-bond donors (Lipinski definition) is 2. The van der Waals surface area contributed by atoms with Gasteiger partial charge in [-0.15, -0.1) is 0 Å². The summed E-state index contributed by atoms with van der Waals surface area (Å²) in [5.41, 5.74) is 6.41. The molecule has 0 saturated heterocycles. The molecule has 0 aromatic heterocycles. The van der Waals surface area contributed by atoms with Crippen molar-refractivity contribution in [2.24, 2.45) is 0 Å². The molecule has 0 fully saturated rings. The third kappa shape index (κ3) is 2.94. The van der Waals surface area contributed by atoms with Gasteiger partial charge >= 0.3 is 84.2 Å². The monoisotopic (exact) mass is 242 g/mol. The zero-order valence-corrected chi connectivity index (χ0v) is 9.40. The van der Waals surface area contributed by atoms with Gasteiger partial charge in [0.1, 0.15) is 0 Å². The molecule has 1 rings (SSSR count). The van der Waals surface area contributed by atoms with E-state index >= 15 is 0 Å². The number of methoxy groups -OCH3 is 1. The molecule has 0 atom stereocenters. The van der Waals surface area contributed by atoms with Crippen LogP contribution in [0.25, 0.3) is 0 Å². The van der Waals surface area contributed by atoms with E-state index in [0.29, 0.717) is 11.4 Å². The molecule has 1 aromatic carbocycles. The van der Waals surface area contributed by atoms with Gasteiger partial charge in [-0.3, -0.25) is 0 Å². The Hall–Kier alpha value is -0.662. The van der Waals surface area contributed by atoms with E-state index in [4.69, 9.17) is 15.6 Å². The molecule has 0 saturated carbocycles. The van der Waals surface area contributed by atoms with Crippen molar-refractivity contribution in [3.8, 4) is 5.75 Å². The molecule has 1 aromatic rings. The summed E-state index contributed by atoms with van der Waals surface area (Å²) in [4.78, 5) is 0. The standard InChI is InChI=1S/C9H13AsNO2/c1-13-9-3-2-7(6-8(9)11)10-4-5-12/h2-3,6,12H,4-5,11H2,1H3. The molecular formula is C9H13AsNO2. The molecule has 0 spiro atoms. The fourth-order valence-electron chi connectivity index (χ4n) is 0.999. The minimum atomic E-state index is 0.0460. The molecule has 71 valence electrons. The average Bonchev–Trinajstić information content (AvgIpc) is 2.15. The van der Waals surface area contributed by atoms with Gasteiger partial charge in [-0.2, -0.15) is 0 Å². The fraction of sp³-hybridized carbons (Fsp3) is 0.333. The summed E-state index contributed by atoms with van der Waals surface area (Å²) in [6, 6.07) is 5.80. The topological polar surface area (TPSA) is 55.5 Å². The number of nitrogens with two attached hydrogens (primary N) is 1. The van der Waals surface area contributed by atoms with E-state index in [2.05, 4.69) is 0 Å². The molecule has 3 N–H and O–H groups in total. The van der Waals surface area contributed by atoms with Crippen molar-refractivity contribution in [3.63, 3.8) is 0 Å². The second kappa shape index (κ2) is 5.15. The number of hydrogen-bond acceptors (Lipinski definition) is 3. The van der Waals surface area contributed by atoms with E-state index in [1.54, 1.807) is 7.11 Å². The van der Waals surface area contributed by atoms with Gasteiger partial charge in [-0.05, 0) is 0 Å². The van der Waals surface area contributed by atoms with Crippen LogP contribution in [-0.2, 0) is 0 Å². The second-order valence-electron chi connectivity index (χ2n) is 2.53. The molecule has 3 nitrogen and oxygen atoms in total. The quantitative estimate of drug-likeness (QED) is 0.578. The minimum absolute atomic E-state index is 0.0460. The maximum absolute atomic E-state index is 8.67. The number of nitrogen functional groups attached to an aromatic ring is 1. The van der Waals surface area contributed by atoms with E-state index in [1.807, 2.05) is 18.2 Å². The van der Waals surface area contributed by atoms with Crippen molar-refractivity contribution in [2.75, 3.05) is 19.5 Å². The van der Waals surface area contributed by atoms with Crippen molar-refractivity contribution < 1.29 is 9.84 Å². The zero-order chi connectivity index (χ0) is 9.68. The number of rotatable bonds is 4. The number of anilines is 1. The van der Waals surface area contributed by atoms with E-state index < -0.39 is 0 Å². The van der Waals surface area contributed by atoms with E-state index in [9.17, 15) is 0 Å². The second-order valence-corrected chi connectivity index (χ2v) is 5.22. The van der Waals surface area contributed by atoms with Crippen LogP contribution >= 0.6 is 0 Å². The first-order chi connectivity index (χ1) is 6.27. The number of benzene rings is 1. The summed E-state index contributed by atoms with van der Waals surface area (Å²) in [6.45, 7) is 0.256. The first-order valence-corrected chi connectivity index (χ1v) is 6.26. The van der Waals surface area contributed by atoms with Gasteiger partial charge in [0.05, 0.1) is 0 Å². The Kier molecular flexibility index (Phi) is 4.13. The Morgan fingerprint density at radius 3 is 2.85 bits per heavy atom. The molecule has 4 heteroatoms. The summed E-state index contributed by atoms with van der Waals surface area (Å²) in [7, 11) is 1.60. The van der Waals surface area contributed by atoms with Crippen molar-refractivity contribution in [1.29, 1.82) is 0 Å². The van der Waals surface area contributed by atoms with Crippen LogP contribution in [0.5, 0.6) is 5.75 Å². The Bertz CT molecular complexity index is 278. The zero-order valence-electron chi connectivity index (χ0n) is 7.53. The fourth-order valence-corrected chi connectivity index (χ4v) is 2.61. The number of ether oxygens (including phenoxy) is 1. The first-order valence-electron chi connectivity index (χ1n) is 4.00. The van der Waals surface area contributed by atoms with Crippen LogP contribution in [0.15, 0.2) is 18.2 Å². The molecular weight excluding hydrogens is 229 g/mol. The molecule has 0 heterocycles. The third-order valence-corrected chi connectivity index (χ3v) is 3.85. The van der Waals surface area contributed by atoms with E-state index in [0.717, 1.165) is 5.21 Å². The Morgan fingerprint density at radius 2 is 2.31 bits per heavy atom.